The Labute approximate surface area is 410 Å². The highest BCUT2D eigenvalue weighted by molar-refractivity contribution is 6.63. The molecule has 0 aliphatic carbocycles. The fraction of sp³-hybridized carbons (Fsp3) is 0.333. The van der Waals surface area contributed by atoms with Crippen molar-refractivity contribution in [3.05, 3.63) is 143 Å². The van der Waals surface area contributed by atoms with Crippen molar-refractivity contribution in [2.75, 3.05) is 73.5 Å². The maximum absolute atomic E-state index is 12.1. The maximum Gasteiger partial charge on any atom is 0.224 e. The Morgan fingerprint density at radius 2 is 1.10 bits per heavy atom. The first-order valence-corrected chi connectivity index (χ1v) is 23.5. The lowest BCUT2D eigenvalue weighted by Crippen LogP contribution is -2.36. The van der Waals surface area contributed by atoms with Crippen molar-refractivity contribution < 1.29 is 19.1 Å². The van der Waals surface area contributed by atoms with E-state index in [1.165, 1.54) is 11.4 Å². The van der Waals surface area contributed by atoms with E-state index in [0.717, 1.165) is 92.1 Å². The summed E-state index contributed by atoms with van der Waals surface area (Å²) in [5.41, 5.74) is 15.6. The highest BCUT2D eigenvalue weighted by Gasteiger charge is 2.15. The maximum atomic E-state index is 12.1. The molecule has 0 atom stereocenters. The fourth-order valence-electron chi connectivity index (χ4n) is 7.56. The smallest absolute Gasteiger partial charge is 0.224 e. The van der Waals surface area contributed by atoms with Crippen molar-refractivity contribution in [2.24, 2.45) is 11.8 Å². The fourth-order valence-corrected chi connectivity index (χ4v) is 7.87. The number of benzene rings is 4. The van der Waals surface area contributed by atoms with Crippen LogP contribution in [-0.4, -0.2) is 83.7 Å². The second-order valence-electron chi connectivity index (χ2n) is 17.5. The van der Waals surface area contributed by atoms with Gasteiger partial charge >= 0.3 is 0 Å². The van der Waals surface area contributed by atoms with Crippen LogP contribution in [0.2, 0.25) is 0 Å². The van der Waals surface area contributed by atoms with E-state index < -0.39 is 0 Å². The van der Waals surface area contributed by atoms with Gasteiger partial charge in [-0.05, 0) is 95.2 Å². The zero-order valence-corrected chi connectivity index (χ0v) is 40.5. The van der Waals surface area contributed by atoms with Crippen LogP contribution in [0.15, 0.2) is 109 Å². The zero-order chi connectivity index (χ0) is 49.1. The van der Waals surface area contributed by atoms with Crippen LogP contribution in [0.25, 0.3) is 22.5 Å². The first-order valence-electron chi connectivity index (χ1n) is 23.2. The second-order valence-corrected chi connectivity index (χ2v) is 17.9. The summed E-state index contributed by atoms with van der Waals surface area (Å²) in [4.78, 5) is 45.0. The molecule has 2 aliphatic rings. The van der Waals surface area contributed by atoms with E-state index in [4.69, 9.17) is 31.8 Å². The number of aromatic nitrogens is 4. The van der Waals surface area contributed by atoms with Gasteiger partial charge in [0.05, 0.1) is 54.6 Å². The molecule has 2 saturated heterocycles. The van der Waals surface area contributed by atoms with Crippen molar-refractivity contribution in [1.29, 1.82) is 10.5 Å². The average molecular weight is 948 g/mol. The monoisotopic (exact) mass is 946 g/mol. The minimum absolute atomic E-state index is 0.0942. The molecule has 15 heteroatoms. The normalized spacial score (nSPS) is 13.3. The molecule has 8 rings (SSSR count). The number of nitrogens with two attached hydrogens (primary N) is 1. The van der Waals surface area contributed by atoms with Gasteiger partial charge in [-0.15, -0.1) is 0 Å². The lowest BCUT2D eigenvalue weighted by atomic mass is 10.1. The van der Waals surface area contributed by atoms with Gasteiger partial charge in [0.25, 0.3) is 0 Å². The van der Waals surface area contributed by atoms with Crippen LogP contribution in [-0.2, 0) is 31.9 Å². The summed E-state index contributed by atoms with van der Waals surface area (Å²) in [5.74, 6) is 2.00. The highest BCUT2D eigenvalue weighted by atomic mass is 35.5. The van der Waals surface area contributed by atoms with Crippen LogP contribution in [0.3, 0.4) is 0 Å². The molecule has 3 N–H and O–H groups in total. The third-order valence-electron chi connectivity index (χ3n) is 11.1. The van der Waals surface area contributed by atoms with Gasteiger partial charge in [0, 0.05) is 92.4 Å². The van der Waals surface area contributed by atoms with Crippen LogP contribution in [0.5, 0.6) is 0 Å². The van der Waals surface area contributed by atoms with E-state index >= 15 is 0 Å². The molecule has 4 heterocycles. The number of carbonyl (C=O) groups excluding carboxylic acids is 2. The van der Waals surface area contributed by atoms with Gasteiger partial charge in [0.1, 0.15) is 23.8 Å². The van der Waals surface area contributed by atoms with E-state index in [1.54, 1.807) is 36.7 Å². The molecule has 1 amide bonds. The highest BCUT2D eigenvalue weighted by Crippen LogP contribution is 2.26. The zero-order valence-electron chi connectivity index (χ0n) is 39.7. The number of halogens is 1. The molecule has 0 spiro atoms. The Kier molecular flexibility index (Phi) is 19.1. The summed E-state index contributed by atoms with van der Waals surface area (Å²) in [6.07, 6.45) is 5.66. The Hall–Kier alpha value is -7.23. The van der Waals surface area contributed by atoms with E-state index in [2.05, 4.69) is 90.7 Å². The van der Waals surface area contributed by atoms with Crippen LogP contribution in [0.1, 0.15) is 74.4 Å². The molecule has 356 valence electrons. The minimum atomic E-state index is -0.241. The summed E-state index contributed by atoms with van der Waals surface area (Å²) >= 11 is 5.03. The van der Waals surface area contributed by atoms with Crippen molar-refractivity contribution >= 4 is 45.5 Å². The van der Waals surface area contributed by atoms with Crippen molar-refractivity contribution in [3.63, 3.8) is 0 Å². The summed E-state index contributed by atoms with van der Waals surface area (Å²) < 4.78 is 10.8. The van der Waals surface area contributed by atoms with E-state index in [9.17, 15) is 20.1 Å². The third-order valence-corrected chi connectivity index (χ3v) is 11.3. The van der Waals surface area contributed by atoms with Gasteiger partial charge < -0.3 is 30.3 Å². The van der Waals surface area contributed by atoms with Gasteiger partial charge in [-0.3, -0.25) is 9.59 Å². The first kappa shape index (κ1) is 51.2. The molecule has 0 unspecified atom stereocenters. The van der Waals surface area contributed by atoms with Crippen molar-refractivity contribution in [2.45, 2.75) is 53.4 Å². The molecule has 69 heavy (non-hydrogen) atoms. The number of ether oxygens (including phenoxy) is 2. The standard InChI is InChI=1S/C27H29N5O2.C22H21N5O.C5H9ClO/c1-19(2)15-27(33)31-24-8-5-21(17-22(24)18-28)25-9-10-29-26(30-25)16-20-3-6-23(7-4-20)32-11-13-34-14-12-32;23-15-18-14-17(3-6-20(18)24)21-7-8-25-22(26-21)13-16-1-4-19(5-2-16)27-9-11-28-12-10-27;1-4(2)3-5(6)7/h3-10,17,19H,11-16H2,1-2H3,(H,31,33);1-8,14H,9-13,24H2;4H,3H2,1-2H3. The SMILES string of the molecule is CC(C)CC(=O)Cl.CC(C)CC(=O)Nc1ccc(-c2ccnc(Cc3ccc(N4CCOCC4)cc3)n2)cc1C#N.N#Cc1cc(-c2ccnc(Cc3ccc(N4CCOCC4)cc3)n2)ccc1N. The van der Waals surface area contributed by atoms with Crippen molar-refractivity contribution in [3.8, 4) is 34.7 Å². The number of nitrogens with zero attached hydrogens (tertiary/aromatic N) is 8. The Balaban J connectivity index is 0.000000202. The summed E-state index contributed by atoms with van der Waals surface area (Å²) in [6.45, 7) is 14.7. The van der Waals surface area contributed by atoms with Gasteiger partial charge in [0.15, 0.2) is 0 Å². The molecular formula is C54H59ClN10O4. The number of hydrogen-bond acceptors (Lipinski definition) is 13. The lowest BCUT2D eigenvalue weighted by Gasteiger charge is -2.28. The van der Waals surface area contributed by atoms with Crippen LogP contribution >= 0.6 is 11.6 Å². The van der Waals surface area contributed by atoms with Gasteiger partial charge in [-0.25, -0.2) is 19.9 Å². The quantitative estimate of drug-likeness (QED) is 0.0822. The number of rotatable bonds is 13. The number of carbonyl (C=O) groups is 2. The van der Waals surface area contributed by atoms with Gasteiger partial charge in [0.2, 0.25) is 11.1 Å². The topological polar surface area (TPSA) is 196 Å². The molecule has 0 radical (unpaired) electrons. The number of amides is 1. The third kappa shape index (κ3) is 15.9. The molecule has 0 saturated carbocycles. The van der Waals surface area contributed by atoms with E-state index in [-0.39, 0.29) is 17.1 Å². The second kappa shape index (κ2) is 25.8. The number of nitrogen functional groups attached to an aromatic ring is 1. The molecule has 14 nitrogen and oxygen atoms in total. The summed E-state index contributed by atoms with van der Waals surface area (Å²) in [7, 11) is 0. The first-order chi connectivity index (χ1) is 33.4. The largest absolute Gasteiger partial charge is 0.398 e. The average Bonchev–Trinajstić information content (AvgIpc) is 3.35. The molecule has 2 aliphatic heterocycles. The number of nitriles is 2. The molecule has 4 aromatic carbocycles. The molecule has 2 aromatic heterocycles. The molecule has 6 aromatic rings. The molecular weight excluding hydrogens is 888 g/mol. The van der Waals surface area contributed by atoms with E-state index in [1.807, 2.05) is 52.0 Å². The number of nitrogens with one attached hydrogen (secondary N) is 1. The van der Waals surface area contributed by atoms with Crippen LogP contribution in [0, 0.1) is 34.5 Å². The number of hydrogen-bond donors (Lipinski definition) is 2. The number of morpholine rings is 2. The Bertz CT molecular complexity index is 2720. The van der Waals surface area contributed by atoms with Gasteiger partial charge in [-0.2, -0.15) is 10.5 Å². The minimum Gasteiger partial charge on any atom is -0.398 e. The summed E-state index contributed by atoms with van der Waals surface area (Å²) in [6, 6.07) is 35.8. The van der Waals surface area contributed by atoms with Crippen LogP contribution in [0.4, 0.5) is 22.7 Å². The Morgan fingerprint density at radius 1 is 0.652 bits per heavy atom. The summed E-state index contributed by atoms with van der Waals surface area (Å²) in [5, 5.41) is 21.4. The Morgan fingerprint density at radius 3 is 1.52 bits per heavy atom. The predicted octanol–water partition coefficient (Wildman–Crippen LogP) is 9.25. The molecule has 2 fully saturated rings. The van der Waals surface area contributed by atoms with Gasteiger partial charge in [-0.1, -0.05) is 64.1 Å². The van der Waals surface area contributed by atoms with Crippen molar-refractivity contribution in [1.82, 2.24) is 19.9 Å². The number of anilines is 4. The molecule has 0 bridgehead atoms. The van der Waals surface area contributed by atoms with Crippen LogP contribution < -0.4 is 20.9 Å². The van der Waals surface area contributed by atoms with E-state index in [0.29, 0.717) is 59.9 Å². The lowest BCUT2D eigenvalue weighted by molar-refractivity contribution is -0.117. The predicted molar refractivity (Wildman–Crippen MR) is 272 cm³/mol.